The molecule has 0 saturated heterocycles. The van der Waals surface area contributed by atoms with E-state index in [-0.39, 0.29) is 11.7 Å². The van der Waals surface area contributed by atoms with Gasteiger partial charge in [0, 0.05) is 6.04 Å². The summed E-state index contributed by atoms with van der Waals surface area (Å²) in [6.45, 7) is 3.75. The van der Waals surface area contributed by atoms with E-state index >= 15 is 0 Å². The summed E-state index contributed by atoms with van der Waals surface area (Å²) in [5.41, 5.74) is 4.76. The molecule has 1 rings (SSSR count). The van der Waals surface area contributed by atoms with Crippen molar-refractivity contribution in [3.8, 4) is 0 Å². The number of hydrogen-bond acceptors (Lipinski definition) is 6. The number of nitrogens with one attached hydrogen (secondary N) is 1. The monoisotopic (exact) mass is 333 g/mol. The molecule has 0 amide bonds. The molecule has 0 saturated carbocycles. The molecule has 9 heteroatoms. The lowest BCUT2D eigenvalue weighted by Crippen LogP contribution is -2.33. The summed E-state index contributed by atoms with van der Waals surface area (Å²) < 4.78 is 27.0. The molecule has 0 aliphatic carbocycles. The zero-order chi connectivity index (χ0) is 16.0. The molecule has 21 heavy (non-hydrogen) atoms. The van der Waals surface area contributed by atoms with E-state index in [1.807, 2.05) is 6.92 Å². The number of rotatable bonds is 8. The van der Waals surface area contributed by atoms with E-state index in [4.69, 9.17) is 5.73 Å². The Morgan fingerprint density at radius 1 is 1.48 bits per heavy atom. The van der Waals surface area contributed by atoms with Crippen LogP contribution in [0.4, 0.5) is 11.4 Å². The number of thioether (sulfide) groups is 1. The van der Waals surface area contributed by atoms with Gasteiger partial charge in [-0.3, -0.25) is 10.1 Å². The van der Waals surface area contributed by atoms with Gasteiger partial charge in [0.2, 0.25) is 10.0 Å². The summed E-state index contributed by atoms with van der Waals surface area (Å²) in [5.74, 6) is 1.78. The Bertz CT molecular complexity index is 605. The van der Waals surface area contributed by atoms with Gasteiger partial charge in [-0.2, -0.15) is 11.8 Å². The fourth-order valence-corrected chi connectivity index (χ4v) is 4.03. The molecule has 3 N–H and O–H groups in total. The van der Waals surface area contributed by atoms with Gasteiger partial charge in [-0.25, -0.2) is 13.1 Å². The van der Waals surface area contributed by atoms with Gasteiger partial charge in [-0.15, -0.1) is 0 Å². The van der Waals surface area contributed by atoms with Crippen molar-refractivity contribution in [1.82, 2.24) is 4.72 Å². The average Bonchev–Trinajstić information content (AvgIpc) is 2.37. The highest BCUT2D eigenvalue weighted by molar-refractivity contribution is 7.99. The molecule has 1 aromatic carbocycles. The summed E-state index contributed by atoms with van der Waals surface area (Å²) in [7, 11) is -3.98. The molecule has 0 bridgehead atoms. The van der Waals surface area contributed by atoms with E-state index in [9.17, 15) is 18.5 Å². The second kappa shape index (κ2) is 7.62. The number of nitrogen functional groups attached to an aromatic ring is 1. The number of nitrogens with two attached hydrogens (primary N) is 1. The predicted molar refractivity (Wildman–Crippen MR) is 84.9 cm³/mol. The maximum atomic E-state index is 12.3. The largest absolute Gasteiger partial charge is 0.393 e. The highest BCUT2D eigenvalue weighted by Crippen LogP contribution is 2.29. The number of hydrogen-bond donors (Lipinski definition) is 2. The van der Waals surface area contributed by atoms with Crippen molar-refractivity contribution in [2.24, 2.45) is 0 Å². The van der Waals surface area contributed by atoms with Gasteiger partial charge in [-0.1, -0.05) is 13.0 Å². The Morgan fingerprint density at radius 3 is 2.71 bits per heavy atom. The Kier molecular flexibility index (Phi) is 6.43. The standard InChI is InChI=1S/C12H19N3O4S2/c1-3-20-8-7-9(2)14-21(18,19)11-6-4-5-10(13)12(11)15(16)17/h4-6,9,14H,3,7-8,13H2,1-2H3. The van der Waals surface area contributed by atoms with E-state index in [0.717, 1.165) is 11.5 Å². The molecule has 1 atom stereocenters. The molecule has 1 unspecified atom stereocenters. The SMILES string of the molecule is CCSCCC(C)NS(=O)(=O)c1cccc(N)c1[N+](=O)[O-]. The number of benzene rings is 1. The number of para-hydroxylation sites is 1. The summed E-state index contributed by atoms with van der Waals surface area (Å²) >= 11 is 1.71. The third kappa shape index (κ3) is 4.87. The lowest BCUT2D eigenvalue weighted by Gasteiger charge is -2.14. The van der Waals surface area contributed by atoms with Crippen LogP contribution in [0.1, 0.15) is 20.3 Å². The molecule has 0 radical (unpaired) electrons. The predicted octanol–water partition coefficient (Wildman–Crippen LogP) is 1.99. The first kappa shape index (κ1) is 17.7. The molecule has 0 aliphatic rings. The Labute approximate surface area is 128 Å². The van der Waals surface area contributed by atoms with Crippen molar-refractivity contribution in [2.45, 2.75) is 31.2 Å². The molecule has 1 aromatic rings. The second-order valence-electron chi connectivity index (χ2n) is 4.46. The van der Waals surface area contributed by atoms with Crippen molar-refractivity contribution < 1.29 is 13.3 Å². The Hall–Kier alpha value is -1.32. The van der Waals surface area contributed by atoms with Gasteiger partial charge >= 0.3 is 5.69 Å². The first-order valence-corrected chi connectivity index (χ1v) is 9.06. The topological polar surface area (TPSA) is 115 Å². The highest BCUT2D eigenvalue weighted by Gasteiger charge is 2.28. The Morgan fingerprint density at radius 2 is 2.14 bits per heavy atom. The van der Waals surface area contributed by atoms with Crippen molar-refractivity contribution in [3.63, 3.8) is 0 Å². The van der Waals surface area contributed by atoms with E-state index in [1.165, 1.54) is 18.2 Å². The molecular weight excluding hydrogens is 314 g/mol. The summed E-state index contributed by atoms with van der Waals surface area (Å²) in [4.78, 5) is 9.84. The van der Waals surface area contributed by atoms with Gasteiger partial charge in [0.15, 0.2) is 4.90 Å². The molecule has 0 aliphatic heterocycles. The first-order valence-electron chi connectivity index (χ1n) is 6.42. The van der Waals surface area contributed by atoms with Crippen LogP contribution in [0.25, 0.3) is 0 Å². The van der Waals surface area contributed by atoms with Crippen molar-refractivity contribution in [2.75, 3.05) is 17.2 Å². The quantitative estimate of drug-likeness (QED) is 0.325. The van der Waals surface area contributed by atoms with Crippen LogP contribution in [0.3, 0.4) is 0 Å². The molecular formula is C12H19N3O4S2. The number of anilines is 1. The lowest BCUT2D eigenvalue weighted by atomic mass is 10.3. The molecule has 0 heterocycles. The molecule has 118 valence electrons. The third-order valence-corrected chi connectivity index (χ3v) is 5.31. The number of nitro groups is 1. The van der Waals surface area contributed by atoms with Crippen LogP contribution in [0.15, 0.2) is 23.1 Å². The highest BCUT2D eigenvalue weighted by atomic mass is 32.2. The number of sulfonamides is 1. The van der Waals surface area contributed by atoms with Crippen molar-refractivity contribution >= 4 is 33.2 Å². The van der Waals surface area contributed by atoms with Crippen LogP contribution in [-0.4, -0.2) is 30.9 Å². The minimum absolute atomic E-state index is 0.169. The smallest absolute Gasteiger partial charge is 0.312 e. The Balaban J connectivity index is 2.98. The molecule has 0 spiro atoms. The van der Waals surface area contributed by atoms with E-state index in [1.54, 1.807) is 18.7 Å². The van der Waals surface area contributed by atoms with Gasteiger partial charge in [0.05, 0.1) is 4.92 Å². The van der Waals surface area contributed by atoms with Crippen LogP contribution < -0.4 is 10.5 Å². The van der Waals surface area contributed by atoms with Gasteiger partial charge in [0.1, 0.15) is 5.69 Å². The minimum atomic E-state index is -3.98. The van der Waals surface area contributed by atoms with Gasteiger partial charge < -0.3 is 5.73 Å². The number of nitrogens with zero attached hydrogens (tertiary/aromatic N) is 1. The second-order valence-corrected chi connectivity index (χ2v) is 7.54. The maximum Gasteiger partial charge on any atom is 0.312 e. The summed E-state index contributed by atoms with van der Waals surface area (Å²) in [6, 6.07) is 3.56. The fraction of sp³-hybridized carbons (Fsp3) is 0.500. The summed E-state index contributed by atoms with van der Waals surface area (Å²) in [6.07, 6.45) is 0.647. The van der Waals surface area contributed by atoms with E-state index in [0.29, 0.717) is 6.42 Å². The maximum absolute atomic E-state index is 12.3. The van der Waals surface area contributed by atoms with Crippen molar-refractivity contribution in [3.05, 3.63) is 28.3 Å². The van der Waals surface area contributed by atoms with E-state index < -0.39 is 25.5 Å². The van der Waals surface area contributed by atoms with Crippen molar-refractivity contribution in [1.29, 1.82) is 0 Å². The first-order chi connectivity index (χ1) is 9.79. The molecule has 0 fully saturated rings. The minimum Gasteiger partial charge on any atom is -0.393 e. The van der Waals surface area contributed by atoms with Gasteiger partial charge in [0.25, 0.3) is 0 Å². The zero-order valence-corrected chi connectivity index (χ0v) is 13.5. The fourth-order valence-electron chi connectivity index (χ4n) is 1.74. The number of nitro benzene ring substituents is 1. The van der Waals surface area contributed by atoms with Crippen LogP contribution in [0, 0.1) is 10.1 Å². The normalized spacial score (nSPS) is 13.0. The molecule has 0 aromatic heterocycles. The van der Waals surface area contributed by atoms with Crippen LogP contribution in [-0.2, 0) is 10.0 Å². The molecule has 7 nitrogen and oxygen atoms in total. The lowest BCUT2D eigenvalue weighted by molar-refractivity contribution is -0.386. The van der Waals surface area contributed by atoms with Crippen LogP contribution in [0.2, 0.25) is 0 Å². The van der Waals surface area contributed by atoms with Crippen LogP contribution >= 0.6 is 11.8 Å². The zero-order valence-electron chi connectivity index (χ0n) is 11.9. The third-order valence-electron chi connectivity index (χ3n) is 2.76. The average molecular weight is 333 g/mol. The van der Waals surface area contributed by atoms with Gasteiger partial charge in [-0.05, 0) is 37.0 Å². The summed E-state index contributed by atoms with van der Waals surface area (Å²) in [5, 5.41) is 11.0. The van der Waals surface area contributed by atoms with E-state index in [2.05, 4.69) is 4.72 Å². The van der Waals surface area contributed by atoms with Crippen LogP contribution in [0.5, 0.6) is 0 Å².